The van der Waals surface area contributed by atoms with Crippen LogP contribution in [0.5, 0.6) is 0 Å². The van der Waals surface area contributed by atoms with Gasteiger partial charge < -0.3 is 0 Å². The smallest absolute Gasteiger partial charge is 0.293 e. The maximum Gasteiger partial charge on any atom is 0.299 e. The lowest BCUT2D eigenvalue weighted by atomic mass is 9.87. The highest BCUT2D eigenvalue weighted by Crippen LogP contribution is 2.28. The molecule has 2 unspecified atom stereocenters. The summed E-state index contributed by atoms with van der Waals surface area (Å²) in [5, 5.41) is 23.1. The number of nitrogens with zero attached hydrogens (tertiary/aromatic N) is 6. The van der Waals surface area contributed by atoms with E-state index in [-0.39, 0.29) is 33.8 Å². The van der Waals surface area contributed by atoms with Crippen molar-refractivity contribution in [3.63, 3.8) is 0 Å². The highest BCUT2D eigenvalue weighted by atomic mass is 32.2. The number of hydrogen-bond acceptors (Lipinski definition) is 8. The predicted octanol–water partition coefficient (Wildman–Crippen LogP) is 7.26. The van der Waals surface area contributed by atoms with Crippen molar-refractivity contribution >= 4 is 32.8 Å². The Morgan fingerprint density at radius 1 is 0.729 bits per heavy atom. The van der Waals surface area contributed by atoms with E-state index in [2.05, 4.69) is 42.3 Å². The fourth-order valence-corrected chi connectivity index (χ4v) is 7.19. The average molecular weight is 668 g/mol. The Bertz CT molecular complexity index is 2230. The molecule has 2 aromatic heterocycles. The quantitative estimate of drug-likeness (QED) is 0.141. The van der Waals surface area contributed by atoms with Crippen LogP contribution in [0.4, 0.5) is 22.7 Å². The molecule has 3 N–H and O–H groups in total. The molecule has 3 aromatic carbocycles. The van der Waals surface area contributed by atoms with Gasteiger partial charge in [-0.2, -0.15) is 10.2 Å². The summed E-state index contributed by atoms with van der Waals surface area (Å²) in [4.78, 5) is 26.4. The SMILES string of the molecule is Cc1cc(N=Nc2c(C)[nH]n(-c3ccccc3)c2=O)ccc1N=Nc1c(C)[nH]n(-c2ccc(S(=O)(=O)NC3CCCCC3C)cc2)c1=O. The van der Waals surface area contributed by atoms with Crippen LogP contribution in [0, 0.1) is 26.7 Å². The number of aromatic nitrogens is 4. The van der Waals surface area contributed by atoms with Gasteiger partial charge in [-0.3, -0.25) is 19.8 Å². The number of aryl methyl sites for hydroxylation is 3. The van der Waals surface area contributed by atoms with Crippen molar-refractivity contribution in [2.45, 2.75) is 64.3 Å². The maximum atomic E-state index is 13.3. The predicted molar refractivity (Wildman–Crippen MR) is 184 cm³/mol. The molecule has 14 heteroatoms. The Kier molecular flexibility index (Phi) is 9.20. The van der Waals surface area contributed by atoms with E-state index in [0.717, 1.165) is 31.2 Å². The van der Waals surface area contributed by atoms with Gasteiger partial charge in [-0.1, -0.05) is 38.0 Å². The van der Waals surface area contributed by atoms with Crippen LogP contribution >= 0.6 is 0 Å². The maximum absolute atomic E-state index is 13.3. The molecule has 0 radical (unpaired) electrons. The largest absolute Gasteiger partial charge is 0.299 e. The molecule has 48 heavy (non-hydrogen) atoms. The van der Waals surface area contributed by atoms with Gasteiger partial charge in [0.2, 0.25) is 10.0 Å². The van der Waals surface area contributed by atoms with Crippen LogP contribution in [0.3, 0.4) is 0 Å². The first kappa shape index (κ1) is 32.7. The van der Waals surface area contributed by atoms with E-state index in [1.54, 1.807) is 44.2 Å². The van der Waals surface area contributed by atoms with Crippen LogP contribution < -0.4 is 15.8 Å². The number of hydrogen-bond donors (Lipinski definition) is 3. The first-order chi connectivity index (χ1) is 23.0. The van der Waals surface area contributed by atoms with E-state index in [0.29, 0.717) is 34.1 Å². The Balaban J connectivity index is 1.17. The molecule has 2 atom stereocenters. The van der Waals surface area contributed by atoms with E-state index in [1.165, 1.54) is 21.5 Å². The van der Waals surface area contributed by atoms with Crippen molar-refractivity contribution in [3.8, 4) is 11.4 Å². The summed E-state index contributed by atoms with van der Waals surface area (Å²) < 4.78 is 31.6. The molecule has 0 spiro atoms. The number of azo groups is 2. The van der Waals surface area contributed by atoms with E-state index in [1.807, 2.05) is 37.3 Å². The minimum absolute atomic E-state index is 0.0806. The minimum Gasteiger partial charge on any atom is -0.293 e. The molecular weight excluding hydrogens is 630 g/mol. The third-order valence-corrected chi connectivity index (χ3v) is 10.1. The summed E-state index contributed by atoms with van der Waals surface area (Å²) >= 11 is 0. The Morgan fingerprint density at radius 3 is 1.92 bits per heavy atom. The molecule has 1 saturated carbocycles. The number of rotatable bonds is 9. The molecule has 1 aliphatic rings. The summed E-state index contributed by atoms with van der Waals surface area (Å²) in [5.74, 6) is 0.286. The molecule has 13 nitrogen and oxygen atoms in total. The normalized spacial score (nSPS) is 17.1. The Morgan fingerprint density at radius 2 is 1.31 bits per heavy atom. The van der Waals surface area contributed by atoms with Crippen molar-refractivity contribution in [3.05, 3.63) is 110 Å². The topological polar surface area (TPSA) is 171 Å². The zero-order valence-electron chi connectivity index (χ0n) is 27.1. The summed E-state index contributed by atoms with van der Waals surface area (Å²) in [6, 6.07) is 20.5. The number of nitrogens with one attached hydrogen (secondary N) is 3. The molecule has 1 aliphatic carbocycles. The highest BCUT2D eigenvalue weighted by molar-refractivity contribution is 7.89. The van der Waals surface area contributed by atoms with E-state index >= 15 is 0 Å². The van der Waals surface area contributed by atoms with E-state index in [9.17, 15) is 18.0 Å². The van der Waals surface area contributed by atoms with Gasteiger partial charge in [-0.05, 0) is 99.7 Å². The van der Waals surface area contributed by atoms with Crippen LogP contribution in [0.25, 0.3) is 11.4 Å². The molecule has 1 fully saturated rings. The van der Waals surface area contributed by atoms with E-state index < -0.39 is 15.6 Å². The fourth-order valence-electron chi connectivity index (χ4n) is 5.81. The monoisotopic (exact) mass is 667 g/mol. The summed E-state index contributed by atoms with van der Waals surface area (Å²) in [5.41, 5.74) is 3.64. The van der Waals surface area contributed by atoms with Gasteiger partial charge in [-0.25, -0.2) is 22.5 Å². The third-order valence-electron chi connectivity index (χ3n) is 8.62. The van der Waals surface area contributed by atoms with E-state index in [4.69, 9.17) is 0 Å². The molecule has 0 saturated heterocycles. The number of sulfonamides is 1. The molecule has 5 aromatic rings. The third kappa shape index (κ3) is 6.75. The lowest BCUT2D eigenvalue weighted by molar-refractivity contribution is 0.310. The molecule has 0 aliphatic heterocycles. The zero-order valence-corrected chi connectivity index (χ0v) is 28.0. The van der Waals surface area contributed by atoms with Crippen LogP contribution in [0.15, 0.2) is 108 Å². The molecule has 2 heterocycles. The van der Waals surface area contributed by atoms with Gasteiger partial charge in [-0.15, -0.1) is 10.2 Å². The van der Waals surface area contributed by atoms with Crippen molar-refractivity contribution in [2.75, 3.05) is 0 Å². The lowest BCUT2D eigenvalue weighted by Crippen LogP contribution is -2.40. The fraction of sp³-hybridized carbons (Fsp3) is 0.294. The van der Waals surface area contributed by atoms with Crippen LogP contribution in [-0.4, -0.2) is 34.0 Å². The van der Waals surface area contributed by atoms with Gasteiger partial charge in [0.05, 0.1) is 39.0 Å². The molecular formula is C34H37N9O4S. The van der Waals surface area contributed by atoms with Gasteiger partial charge >= 0.3 is 0 Å². The number of H-pyrrole nitrogens is 2. The van der Waals surface area contributed by atoms with Crippen molar-refractivity contribution < 1.29 is 8.42 Å². The molecule has 0 amide bonds. The standard InChI is InChI=1S/C34H37N9O4S/c1-21-10-8-9-13-30(21)41-48(46,47)28-17-15-27(16-18-28)43-34(45)32(24(4)40-43)38-36-29-19-14-25(20-22(29)2)35-37-31-23(3)39-42(33(31)44)26-11-6-5-7-12-26/h5-7,11-12,14-21,30,39-41H,8-10,13H2,1-4H3. The van der Waals surface area contributed by atoms with Gasteiger partial charge in [0.15, 0.2) is 11.4 Å². The summed E-state index contributed by atoms with van der Waals surface area (Å²) in [7, 11) is -3.69. The minimum atomic E-state index is -3.69. The first-order valence-corrected chi connectivity index (χ1v) is 17.3. The van der Waals surface area contributed by atoms with Gasteiger partial charge in [0.1, 0.15) is 0 Å². The second kappa shape index (κ2) is 13.5. The highest BCUT2D eigenvalue weighted by Gasteiger charge is 2.27. The van der Waals surface area contributed by atoms with Crippen molar-refractivity contribution in [2.24, 2.45) is 26.4 Å². The van der Waals surface area contributed by atoms with Crippen molar-refractivity contribution in [1.82, 2.24) is 24.3 Å². The second-order valence-corrected chi connectivity index (χ2v) is 13.9. The van der Waals surface area contributed by atoms with Crippen LogP contribution in [-0.2, 0) is 10.0 Å². The van der Waals surface area contributed by atoms with Crippen LogP contribution in [0.1, 0.15) is 49.6 Å². The molecule has 248 valence electrons. The summed E-state index contributed by atoms with van der Waals surface area (Å²) in [6.07, 6.45) is 3.96. The second-order valence-electron chi connectivity index (χ2n) is 12.1. The zero-order chi connectivity index (χ0) is 34.0. The Hall–Kier alpha value is -5.21. The Labute approximate surface area is 277 Å². The number of para-hydroxylation sites is 1. The average Bonchev–Trinajstić information content (AvgIpc) is 3.53. The summed E-state index contributed by atoms with van der Waals surface area (Å²) in [6.45, 7) is 7.38. The van der Waals surface area contributed by atoms with Crippen LogP contribution in [0.2, 0.25) is 0 Å². The molecule has 6 rings (SSSR count). The van der Waals surface area contributed by atoms with Crippen molar-refractivity contribution in [1.29, 1.82) is 0 Å². The van der Waals surface area contributed by atoms with Gasteiger partial charge in [0, 0.05) is 6.04 Å². The first-order valence-electron chi connectivity index (χ1n) is 15.8. The number of aromatic amines is 2. The molecule has 0 bridgehead atoms. The van der Waals surface area contributed by atoms with Gasteiger partial charge in [0.25, 0.3) is 11.1 Å². The number of benzene rings is 3. The lowest BCUT2D eigenvalue weighted by Gasteiger charge is -2.29.